The third-order valence-electron chi connectivity index (χ3n) is 6.78. The second-order valence-electron chi connectivity index (χ2n) is 9.56. The number of rotatable bonds is 5. The Morgan fingerprint density at radius 1 is 1.05 bits per heavy atom. The molecule has 1 amide bonds. The Morgan fingerprint density at radius 2 is 1.84 bits per heavy atom. The van der Waals surface area contributed by atoms with Gasteiger partial charge in [-0.15, -0.1) is 0 Å². The minimum atomic E-state index is -1.09. The van der Waals surface area contributed by atoms with Gasteiger partial charge in [0.05, 0.1) is 11.1 Å². The second-order valence-corrected chi connectivity index (χ2v) is 9.56. The number of pyridine rings is 1. The summed E-state index contributed by atoms with van der Waals surface area (Å²) in [6.07, 6.45) is 3.54. The maximum Gasteiger partial charge on any atom is 0.255 e. The Morgan fingerprint density at radius 3 is 2.57 bits per heavy atom. The molecule has 8 heteroatoms. The van der Waals surface area contributed by atoms with Crippen molar-refractivity contribution in [2.75, 3.05) is 20.1 Å². The molecule has 2 heterocycles. The van der Waals surface area contributed by atoms with Crippen LogP contribution in [0.3, 0.4) is 0 Å². The summed E-state index contributed by atoms with van der Waals surface area (Å²) in [5.41, 5.74) is 2.67. The number of fused-ring (bicyclic) bond motifs is 1. The van der Waals surface area contributed by atoms with Crippen LogP contribution in [0.5, 0.6) is 5.75 Å². The number of phenols is 1. The molecular weight excluding hydrogens is 479 g/mol. The summed E-state index contributed by atoms with van der Waals surface area (Å²) in [4.78, 5) is 20.1. The summed E-state index contributed by atoms with van der Waals surface area (Å²) in [6.45, 7) is 3.15. The van der Waals surface area contributed by atoms with Gasteiger partial charge < -0.3 is 15.3 Å². The molecule has 1 atom stereocenters. The molecule has 4 aromatic rings. The zero-order valence-electron chi connectivity index (χ0n) is 20.5. The molecule has 1 aromatic heterocycles. The first kappa shape index (κ1) is 24.8. The third kappa shape index (κ3) is 4.89. The number of amides is 1. The number of carbonyl (C=O) groups excluding carboxylic acids is 1. The zero-order valence-corrected chi connectivity index (χ0v) is 20.5. The fraction of sp³-hybridized carbons (Fsp3) is 0.241. The Balaban J connectivity index is 1.72. The van der Waals surface area contributed by atoms with Crippen LogP contribution in [0.2, 0.25) is 0 Å². The molecule has 1 fully saturated rings. The van der Waals surface area contributed by atoms with E-state index in [4.69, 9.17) is 0 Å². The number of phenolic OH excluding ortho intramolecular Hbond substituents is 1. The van der Waals surface area contributed by atoms with Crippen LogP contribution >= 0.6 is 0 Å². The van der Waals surface area contributed by atoms with Gasteiger partial charge >= 0.3 is 0 Å². The van der Waals surface area contributed by atoms with E-state index in [1.807, 2.05) is 0 Å². The van der Waals surface area contributed by atoms with Gasteiger partial charge in [0.15, 0.2) is 11.6 Å². The molecule has 1 saturated heterocycles. The van der Waals surface area contributed by atoms with Crippen LogP contribution in [0.1, 0.15) is 28.8 Å². The first-order valence-corrected chi connectivity index (χ1v) is 12.1. The molecule has 1 aliphatic rings. The molecule has 37 heavy (non-hydrogen) atoms. The maximum absolute atomic E-state index is 14.4. The fourth-order valence-corrected chi connectivity index (χ4v) is 5.00. The van der Waals surface area contributed by atoms with Crippen LogP contribution < -0.4 is 5.32 Å². The highest BCUT2D eigenvalue weighted by molar-refractivity contribution is 6.12. The molecule has 0 aliphatic carbocycles. The normalized spacial score (nSPS) is 15.3. The summed E-state index contributed by atoms with van der Waals surface area (Å²) in [7, 11) is 1.72. The van der Waals surface area contributed by atoms with E-state index in [0.717, 1.165) is 25.5 Å². The Labute approximate surface area is 212 Å². The van der Waals surface area contributed by atoms with Crippen LogP contribution in [-0.4, -0.2) is 47.1 Å². The van der Waals surface area contributed by atoms with E-state index in [-0.39, 0.29) is 17.5 Å². The van der Waals surface area contributed by atoms with Crippen molar-refractivity contribution < 1.29 is 23.1 Å². The van der Waals surface area contributed by atoms with Gasteiger partial charge in [0.1, 0.15) is 11.6 Å². The Hall–Kier alpha value is -3.91. The Kier molecular flexibility index (Phi) is 6.60. The predicted molar refractivity (Wildman–Crippen MR) is 137 cm³/mol. The summed E-state index contributed by atoms with van der Waals surface area (Å²) >= 11 is 0. The number of hydrogen-bond donors (Lipinski definition) is 2. The van der Waals surface area contributed by atoms with Crippen molar-refractivity contribution in [1.82, 2.24) is 15.2 Å². The van der Waals surface area contributed by atoms with Crippen molar-refractivity contribution in [3.63, 3.8) is 0 Å². The first-order chi connectivity index (χ1) is 17.7. The van der Waals surface area contributed by atoms with Crippen LogP contribution in [0.25, 0.3) is 33.2 Å². The van der Waals surface area contributed by atoms with Crippen LogP contribution in [-0.2, 0) is 0 Å². The monoisotopic (exact) mass is 505 g/mol. The lowest BCUT2D eigenvalue weighted by atomic mass is 9.93. The summed E-state index contributed by atoms with van der Waals surface area (Å²) in [5.74, 6) is -3.34. The molecular formula is C29H26F3N3O2. The number of aromatic nitrogens is 1. The van der Waals surface area contributed by atoms with E-state index >= 15 is 0 Å². The largest absolute Gasteiger partial charge is 0.504 e. The predicted octanol–water partition coefficient (Wildman–Crippen LogP) is 5.82. The van der Waals surface area contributed by atoms with Gasteiger partial charge in [-0.2, -0.15) is 0 Å². The summed E-state index contributed by atoms with van der Waals surface area (Å²) in [5, 5.41) is 14.1. The zero-order chi connectivity index (χ0) is 26.3. The minimum Gasteiger partial charge on any atom is -0.504 e. The molecule has 0 spiro atoms. The molecule has 0 unspecified atom stereocenters. The number of benzene rings is 3. The van der Waals surface area contributed by atoms with E-state index in [1.165, 1.54) is 12.1 Å². The maximum atomic E-state index is 14.4. The molecule has 0 saturated carbocycles. The van der Waals surface area contributed by atoms with Crippen molar-refractivity contribution in [3.05, 3.63) is 83.3 Å². The van der Waals surface area contributed by atoms with Crippen molar-refractivity contribution in [3.8, 4) is 28.0 Å². The van der Waals surface area contributed by atoms with Crippen molar-refractivity contribution in [2.24, 2.45) is 0 Å². The number of nitrogens with zero attached hydrogens (tertiary/aromatic N) is 2. The van der Waals surface area contributed by atoms with Gasteiger partial charge in [0.2, 0.25) is 0 Å². The average molecular weight is 506 g/mol. The average Bonchev–Trinajstić information content (AvgIpc) is 3.37. The van der Waals surface area contributed by atoms with E-state index < -0.39 is 23.2 Å². The number of aromatic hydroxyl groups is 1. The molecule has 3 aromatic carbocycles. The van der Waals surface area contributed by atoms with Gasteiger partial charge in [-0.1, -0.05) is 12.1 Å². The molecule has 190 valence electrons. The standard InChI is InChI=1S/C29H26F3N3O2/c1-16-8-18(10-19(30)9-16)24-14-34-26-6-5-17(22-12-20(31)13-25(32)28(22)36)11-23(26)27(24)29(37)35(2)15-21-4-3-7-33-21/h5-6,8-14,21,33,36H,3-4,7,15H2,1-2H3/t21-/m0/s1. The summed E-state index contributed by atoms with van der Waals surface area (Å²) in [6, 6.07) is 11.1. The molecule has 0 radical (unpaired) electrons. The third-order valence-corrected chi connectivity index (χ3v) is 6.78. The smallest absolute Gasteiger partial charge is 0.255 e. The van der Waals surface area contributed by atoms with E-state index in [0.29, 0.717) is 51.3 Å². The van der Waals surface area contributed by atoms with Crippen molar-refractivity contribution in [1.29, 1.82) is 0 Å². The van der Waals surface area contributed by atoms with Gasteiger partial charge in [0, 0.05) is 48.4 Å². The van der Waals surface area contributed by atoms with Gasteiger partial charge in [-0.05, 0) is 73.3 Å². The lowest BCUT2D eigenvalue weighted by molar-refractivity contribution is 0.0786. The summed E-state index contributed by atoms with van der Waals surface area (Å²) < 4.78 is 42.5. The number of likely N-dealkylation sites (N-methyl/N-ethyl adjacent to an activating group) is 1. The molecule has 2 N–H and O–H groups in total. The fourth-order valence-electron chi connectivity index (χ4n) is 5.00. The minimum absolute atomic E-state index is 0.0479. The number of nitrogens with one attached hydrogen (secondary N) is 1. The van der Waals surface area contributed by atoms with E-state index in [1.54, 1.807) is 49.3 Å². The highest BCUT2D eigenvalue weighted by Gasteiger charge is 2.25. The van der Waals surface area contributed by atoms with E-state index in [9.17, 15) is 23.1 Å². The van der Waals surface area contributed by atoms with Crippen LogP contribution in [0.15, 0.2) is 54.7 Å². The van der Waals surface area contributed by atoms with E-state index in [2.05, 4.69) is 10.3 Å². The molecule has 5 rings (SSSR count). The lowest BCUT2D eigenvalue weighted by Crippen LogP contribution is -2.38. The van der Waals surface area contributed by atoms with Crippen molar-refractivity contribution in [2.45, 2.75) is 25.8 Å². The molecule has 5 nitrogen and oxygen atoms in total. The van der Waals surface area contributed by atoms with Gasteiger partial charge in [-0.3, -0.25) is 9.78 Å². The molecule has 1 aliphatic heterocycles. The highest BCUT2D eigenvalue weighted by Crippen LogP contribution is 2.37. The first-order valence-electron chi connectivity index (χ1n) is 12.1. The number of hydrogen-bond acceptors (Lipinski definition) is 4. The molecule has 0 bridgehead atoms. The van der Waals surface area contributed by atoms with Gasteiger partial charge in [-0.25, -0.2) is 13.2 Å². The lowest BCUT2D eigenvalue weighted by Gasteiger charge is -2.24. The highest BCUT2D eigenvalue weighted by atomic mass is 19.1. The van der Waals surface area contributed by atoms with Gasteiger partial charge in [0.25, 0.3) is 5.91 Å². The van der Waals surface area contributed by atoms with Crippen molar-refractivity contribution >= 4 is 16.8 Å². The number of aryl methyl sites for hydroxylation is 1. The Bertz CT molecular complexity index is 1500. The van der Waals surface area contributed by atoms with Crippen LogP contribution in [0, 0.1) is 24.4 Å². The quantitative estimate of drug-likeness (QED) is 0.359. The topological polar surface area (TPSA) is 65.5 Å². The SMILES string of the molecule is Cc1cc(F)cc(-c2cnc3ccc(-c4cc(F)cc(F)c4O)cc3c2C(=O)N(C)C[C@@H]2CCCN2)c1. The second kappa shape index (κ2) is 9.86. The number of carbonyl (C=O) groups is 1. The van der Waals surface area contributed by atoms with Crippen LogP contribution in [0.4, 0.5) is 13.2 Å². The number of halogens is 3.